The van der Waals surface area contributed by atoms with E-state index in [1.165, 1.54) is 18.4 Å². The first-order valence-electron chi connectivity index (χ1n) is 7.24. The van der Waals surface area contributed by atoms with Crippen LogP contribution in [0, 0.1) is 5.92 Å². The van der Waals surface area contributed by atoms with Gasteiger partial charge in [0.2, 0.25) is 0 Å². The summed E-state index contributed by atoms with van der Waals surface area (Å²) in [4.78, 5) is 12.7. The van der Waals surface area contributed by atoms with Gasteiger partial charge in [-0.25, -0.2) is 0 Å². The van der Waals surface area contributed by atoms with Crippen LogP contribution in [0.3, 0.4) is 0 Å². The van der Waals surface area contributed by atoms with Crippen molar-refractivity contribution in [2.75, 3.05) is 13.7 Å². The number of aryl methyl sites for hydroxylation is 1. The summed E-state index contributed by atoms with van der Waals surface area (Å²) >= 11 is 0. The number of carbonyl (C=O) groups excluding carboxylic acids is 1. The van der Waals surface area contributed by atoms with Crippen LogP contribution in [-0.4, -0.2) is 25.5 Å². The third kappa shape index (κ3) is 2.39. The molecule has 0 radical (unpaired) electrons. The Hall–Kier alpha value is -1.35. The van der Waals surface area contributed by atoms with Crippen molar-refractivity contribution in [3.8, 4) is 5.75 Å². The van der Waals surface area contributed by atoms with Crippen molar-refractivity contribution in [3.63, 3.8) is 0 Å². The van der Waals surface area contributed by atoms with Crippen molar-refractivity contribution in [1.29, 1.82) is 0 Å². The van der Waals surface area contributed by atoms with E-state index in [0.29, 0.717) is 11.8 Å². The number of Topliss-reactive ketones (excluding diaryl/α,β-unsaturated/α-hetero) is 1. The molecule has 1 aromatic carbocycles. The van der Waals surface area contributed by atoms with Crippen LogP contribution in [0.25, 0.3) is 0 Å². The van der Waals surface area contributed by atoms with Crippen LogP contribution < -0.4 is 10.1 Å². The highest BCUT2D eigenvalue weighted by atomic mass is 16.5. The van der Waals surface area contributed by atoms with Gasteiger partial charge in [-0.15, -0.1) is 0 Å². The third-order valence-corrected chi connectivity index (χ3v) is 4.48. The van der Waals surface area contributed by atoms with Crippen LogP contribution >= 0.6 is 0 Å². The molecule has 0 bridgehead atoms. The highest BCUT2D eigenvalue weighted by molar-refractivity contribution is 6.01. The van der Waals surface area contributed by atoms with Crippen molar-refractivity contribution < 1.29 is 9.53 Å². The van der Waals surface area contributed by atoms with Gasteiger partial charge in [-0.1, -0.05) is 12.5 Å². The first-order valence-corrected chi connectivity index (χ1v) is 7.24. The fourth-order valence-corrected chi connectivity index (χ4v) is 3.38. The molecule has 3 nitrogen and oxygen atoms in total. The number of nitrogens with one attached hydrogen (secondary N) is 1. The van der Waals surface area contributed by atoms with E-state index in [1.807, 2.05) is 18.2 Å². The minimum Gasteiger partial charge on any atom is -0.497 e. The van der Waals surface area contributed by atoms with Gasteiger partial charge in [-0.3, -0.25) is 4.79 Å². The van der Waals surface area contributed by atoms with Gasteiger partial charge in [0, 0.05) is 17.5 Å². The number of rotatable bonds is 2. The average molecular weight is 259 g/mol. The topological polar surface area (TPSA) is 38.3 Å². The lowest BCUT2D eigenvalue weighted by Gasteiger charge is -2.33. The lowest BCUT2D eigenvalue weighted by atomic mass is 9.77. The van der Waals surface area contributed by atoms with Crippen molar-refractivity contribution in [2.45, 2.75) is 38.1 Å². The normalized spacial score (nSPS) is 26.9. The van der Waals surface area contributed by atoms with Crippen LogP contribution in [-0.2, 0) is 6.42 Å². The van der Waals surface area contributed by atoms with Crippen molar-refractivity contribution in [3.05, 3.63) is 29.3 Å². The van der Waals surface area contributed by atoms with E-state index >= 15 is 0 Å². The van der Waals surface area contributed by atoms with E-state index in [9.17, 15) is 4.79 Å². The largest absolute Gasteiger partial charge is 0.497 e. The van der Waals surface area contributed by atoms with Gasteiger partial charge in [0.05, 0.1) is 7.11 Å². The van der Waals surface area contributed by atoms with Gasteiger partial charge in [0.25, 0.3) is 0 Å². The number of ether oxygens (including phenoxy) is 1. The van der Waals surface area contributed by atoms with Gasteiger partial charge >= 0.3 is 0 Å². The number of benzene rings is 1. The first kappa shape index (κ1) is 12.7. The SMILES string of the molecule is COc1ccc2c(c1)C(=O)C(C1CCCCN1)CC2. The number of carbonyl (C=O) groups is 1. The molecule has 1 aliphatic heterocycles. The summed E-state index contributed by atoms with van der Waals surface area (Å²) in [5.74, 6) is 1.24. The second-order valence-electron chi connectivity index (χ2n) is 5.59. The molecule has 0 aromatic heterocycles. The summed E-state index contributed by atoms with van der Waals surface area (Å²) in [6.07, 6.45) is 5.60. The van der Waals surface area contributed by atoms with Crippen LogP contribution in [0.5, 0.6) is 5.75 Å². The fraction of sp³-hybridized carbons (Fsp3) is 0.562. The molecule has 3 heteroatoms. The fourth-order valence-electron chi connectivity index (χ4n) is 3.38. The molecule has 0 amide bonds. The summed E-state index contributed by atoms with van der Waals surface area (Å²) in [6.45, 7) is 1.05. The Morgan fingerprint density at radius 2 is 2.16 bits per heavy atom. The van der Waals surface area contributed by atoms with Gasteiger partial charge in [0.1, 0.15) is 5.75 Å². The minimum absolute atomic E-state index is 0.153. The summed E-state index contributed by atoms with van der Waals surface area (Å²) in [6, 6.07) is 6.27. The molecule has 1 aromatic rings. The molecule has 2 atom stereocenters. The molecule has 2 unspecified atom stereocenters. The highest BCUT2D eigenvalue weighted by Crippen LogP contribution is 2.32. The number of ketones is 1. The Kier molecular flexibility index (Phi) is 3.56. The molecule has 3 rings (SSSR count). The van der Waals surface area contributed by atoms with Gasteiger partial charge < -0.3 is 10.1 Å². The maximum absolute atomic E-state index is 12.7. The molecule has 0 saturated carbocycles. The molecule has 0 spiro atoms. The van der Waals surface area contributed by atoms with Crippen molar-refractivity contribution in [2.24, 2.45) is 5.92 Å². The van der Waals surface area contributed by atoms with Crippen molar-refractivity contribution in [1.82, 2.24) is 5.32 Å². The number of hydrogen-bond acceptors (Lipinski definition) is 3. The molecule has 19 heavy (non-hydrogen) atoms. The van der Waals surface area contributed by atoms with Crippen LogP contribution in [0.1, 0.15) is 41.6 Å². The standard InChI is InChI=1S/C16H21NO2/c1-19-12-7-5-11-6-8-13(16(18)14(11)10-12)15-4-2-3-9-17-15/h5,7,10,13,15,17H,2-4,6,8-9H2,1H3. The summed E-state index contributed by atoms with van der Waals surface area (Å²) in [5.41, 5.74) is 2.06. The predicted molar refractivity (Wildman–Crippen MR) is 74.8 cm³/mol. The Morgan fingerprint density at radius 3 is 2.89 bits per heavy atom. The van der Waals surface area contributed by atoms with Crippen LogP contribution in [0.15, 0.2) is 18.2 Å². The Labute approximate surface area is 114 Å². The molecule has 1 heterocycles. The minimum atomic E-state index is 0.153. The first-order chi connectivity index (χ1) is 9.29. The summed E-state index contributed by atoms with van der Waals surface area (Å²) in [7, 11) is 1.65. The van der Waals surface area contributed by atoms with E-state index < -0.39 is 0 Å². The van der Waals surface area contributed by atoms with E-state index in [2.05, 4.69) is 5.32 Å². The van der Waals surface area contributed by atoms with Crippen LogP contribution in [0.4, 0.5) is 0 Å². The quantitative estimate of drug-likeness (QED) is 0.887. The highest BCUT2D eigenvalue weighted by Gasteiger charge is 2.34. The molecule has 1 N–H and O–H groups in total. The lowest BCUT2D eigenvalue weighted by Crippen LogP contribution is -2.44. The molecule has 1 saturated heterocycles. The van der Waals surface area contributed by atoms with E-state index in [4.69, 9.17) is 4.74 Å². The molecule has 1 fully saturated rings. The summed E-state index contributed by atoms with van der Waals surface area (Å²) < 4.78 is 5.24. The molecular formula is C16H21NO2. The Balaban J connectivity index is 1.85. The maximum Gasteiger partial charge on any atom is 0.167 e. The zero-order valence-corrected chi connectivity index (χ0v) is 11.4. The number of piperidine rings is 1. The monoisotopic (exact) mass is 259 g/mol. The lowest BCUT2D eigenvalue weighted by molar-refractivity contribution is 0.0854. The molecule has 2 aliphatic rings. The molecule has 1 aliphatic carbocycles. The Bertz CT molecular complexity index is 478. The second kappa shape index (κ2) is 5.33. The summed E-state index contributed by atoms with van der Waals surface area (Å²) in [5, 5.41) is 3.53. The smallest absolute Gasteiger partial charge is 0.167 e. The third-order valence-electron chi connectivity index (χ3n) is 4.48. The average Bonchev–Trinajstić information content (AvgIpc) is 2.48. The van der Waals surface area contributed by atoms with Crippen LogP contribution in [0.2, 0.25) is 0 Å². The molecule has 102 valence electrons. The molecular weight excluding hydrogens is 238 g/mol. The zero-order valence-electron chi connectivity index (χ0n) is 11.4. The number of fused-ring (bicyclic) bond motifs is 1. The van der Waals surface area contributed by atoms with E-state index in [1.54, 1.807) is 7.11 Å². The van der Waals surface area contributed by atoms with Gasteiger partial charge in [-0.05, 0) is 49.9 Å². The number of hydrogen-bond donors (Lipinski definition) is 1. The van der Waals surface area contributed by atoms with E-state index in [0.717, 1.165) is 37.1 Å². The zero-order chi connectivity index (χ0) is 13.2. The van der Waals surface area contributed by atoms with Gasteiger partial charge in [-0.2, -0.15) is 0 Å². The predicted octanol–water partition coefficient (Wildman–Crippen LogP) is 2.58. The van der Waals surface area contributed by atoms with Crippen molar-refractivity contribution >= 4 is 5.78 Å². The maximum atomic E-state index is 12.7. The Morgan fingerprint density at radius 1 is 1.26 bits per heavy atom. The number of methoxy groups -OCH3 is 1. The van der Waals surface area contributed by atoms with Gasteiger partial charge in [0.15, 0.2) is 5.78 Å². The second-order valence-corrected chi connectivity index (χ2v) is 5.59. The van der Waals surface area contributed by atoms with E-state index in [-0.39, 0.29) is 5.92 Å².